The highest BCUT2D eigenvalue weighted by Crippen LogP contribution is 2.36. The molecule has 0 bridgehead atoms. The maximum Gasteiger partial charge on any atom is 0.227 e. The number of amides is 2. The van der Waals surface area contributed by atoms with E-state index in [9.17, 15) is 14.4 Å². The Bertz CT molecular complexity index is 751. The van der Waals surface area contributed by atoms with E-state index in [1.54, 1.807) is 12.1 Å². The predicted octanol–water partition coefficient (Wildman–Crippen LogP) is 2.49. The number of carbonyl (C=O) groups is 3. The Morgan fingerprint density at radius 1 is 1.07 bits per heavy atom. The van der Waals surface area contributed by atoms with Gasteiger partial charge in [0.1, 0.15) is 13.2 Å². The maximum absolute atomic E-state index is 12.7. The molecular formula is C20H26N2O5. The van der Waals surface area contributed by atoms with E-state index in [2.05, 4.69) is 5.32 Å². The van der Waals surface area contributed by atoms with Crippen LogP contribution in [0.15, 0.2) is 12.1 Å². The summed E-state index contributed by atoms with van der Waals surface area (Å²) in [4.78, 5) is 38.6. The van der Waals surface area contributed by atoms with E-state index in [4.69, 9.17) is 9.47 Å². The summed E-state index contributed by atoms with van der Waals surface area (Å²) in [5.41, 5.74) is 0.845. The van der Waals surface area contributed by atoms with Crippen LogP contribution in [-0.4, -0.2) is 48.8 Å². The Labute approximate surface area is 159 Å². The summed E-state index contributed by atoms with van der Waals surface area (Å²) in [6.07, 6.45) is 1.23. The molecule has 0 saturated carbocycles. The van der Waals surface area contributed by atoms with Crippen LogP contribution in [-0.2, 0) is 9.59 Å². The van der Waals surface area contributed by atoms with E-state index in [1.165, 1.54) is 6.92 Å². The minimum absolute atomic E-state index is 0.0359. The highest BCUT2D eigenvalue weighted by molar-refractivity contribution is 6.05. The molecule has 146 valence electrons. The van der Waals surface area contributed by atoms with Gasteiger partial charge in [0.15, 0.2) is 17.3 Å². The van der Waals surface area contributed by atoms with Crippen LogP contribution in [0.1, 0.15) is 44.0 Å². The lowest BCUT2D eigenvalue weighted by Crippen LogP contribution is -2.43. The molecule has 0 aliphatic carbocycles. The summed E-state index contributed by atoms with van der Waals surface area (Å²) in [7, 11) is 0. The molecule has 0 atom stereocenters. The summed E-state index contributed by atoms with van der Waals surface area (Å²) < 4.78 is 11.1. The average molecular weight is 374 g/mol. The first kappa shape index (κ1) is 19.2. The molecule has 27 heavy (non-hydrogen) atoms. The van der Waals surface area contributed by atoms with E-state index in [1.807, 2.05) is 18.7 Å². The molecule has 1 aromatic rings. The molecule has 7 nitrogen and oxygen atoms in total. The van der Waals surface area contributed by atoms with Crippen LogP contribution >= 0.6 is 0 Å². The number of carbonyl (C=O) groups excluding carboxylic acids is 3. The fourth-order valence-corrected chi connectivity index (χ4v) is 3.45. The first-order valence-electron chi connectivity index (χ1n) is 9.41. The van der Waals surface area contributed by atoms with Crippen LogP contribution in [0.25, 0.3) is 0 Å². The standard InChI is InChI=1S/C20H26N2O5/c1-12(2)20(25)22-6-4-14(5-7-22)19(24)21-16-11-18-17(26-8-9-27-18)10-15(16)13(3)23/h10-12,14H,4-9H2,1-3H3,(H,21,24). The molecule has 0 radical (unpaired) electrons. The minimum atomic E-state index is -0.186. The number of benzene rings is 1. The van der Waals surface area contributed by atoms with Gasteiger partial charge >= 0.3 is 0 Å². The Hall–Kier alpha value is -2.57. The minimum Gasteiger partial charge on any atom is -0.486 e. The highest BCUT2D eigenvalue weighted by atomic mass is 16.6. The number of hydrogen-bond donors (Lipinski definition) is 1. The SMILES string of the molecule is CC(=O)c1cc2c(cc1NC(=O)C1CCN(C(=O)C(C)C)CC1)OCCO2. The number of nitrogens with one attached hydrogen (secondary N) is 1. The molecule has 1 fully saturated rings. The van der Waals surface area contributed by atoms with E-state index in [0.717, 1.165) is 0 Å². The first-order valence-corrected chi connectivity index (χ1v) is 9.41. The van der Waals surface area contributed by atoms with Gasteiger partial charge in [0.25, 0.3) is 0 Å². The van der Waals surface area contributed by atoms with Crippen molar-refractivity contribution >= 4 is 23.3 Å². The molecule has 0 aromatic heterocycles. The number of ether oxygens (including phenoxy) is 2. The lowest BCUT2D eigenvalue weighted by atomic mass is 9.94. The molecule has 0 unspecified atom stereocenters. The van der Waals surface area contributed by atoms with Crippen molar-refractivity contribution in [1.82, 2.24) is 4.90 Å². The second-order valence-electron chi connectivity index (χ2n) is 7.34. The zero-order chi connectivity index (χ0) is 19.6. The summed E-state index contributed by atoms with van der Waals surface area (Å²) in [5, 5.41) is 2.88. The third-order valence-corrected chi connectivity index (χ3v) is 4.99. The van der Waals surface area contributed by atoms with E-state index in [-0.39, 0.29) is 29.4 Å². The highest BCUT2D eigenvalue weighted by Gasteiger charge is 2.29. The molecule has 2 heterocycles. The Balaban J connectivity index is 1.69. The number of anilines is 1. The largest absolute Gasteiger partial charge is 0.486 e. The normalized spacial score (nSPS) is 17.0. The predicted molar refractivity (Wildman–Crippen MR) is 100 cm³/mol. The van der Waals surface area contributed by atoms with Gasteiger partial charge in [0.2, 0.25) is 11.8 Å². The number of piperidine rings is 1. The molecule has 7 heteroatoms. The monoisotopic (exact) mass is 374 g/mol. The number of hydrogen-bond acceptors (Lipinski definition) is 5. The van der Waals surface area contributed by atoms with Gasteiger partial charge in [-0.25, -0.2) is 0 Å². The number of Topliss-reactive ketones (excluding diaryl/α,β-unsaturated/α-hetero) is 1. The smallest absolute Gasteiger partial charge is 0.227 e. The summed E-state index contributed by atoms with van der Waals surface area (Å²) >= 11 is 0. The summed E-state index contributed by atoms with van der Waals surface area (Å²) in [5.74, 6) is 0.661. The topological polar surface area (TPSA) is 84.9 Å². The summed E-state index contributed by atoms with van der Waals surface area (Å²) in [6.45, 7) is 7.24. The molecule has 1 saturated heterocycles. The number of fused-ring (bicyclic) bond motifs is 1. The zero-order valence-electron chi connectivity index (χ0n) is 16.0. The summed E-state index contributed by atoms with van der Waals surface area (Å²) in [6, 6.07) is 3.27. The molecule has 2 aliphatic heterocycles. The van der Waals surface area contributed by atoms with E-state index < -0.39 is 0 Å². The third-order valence-electron chi connectivity index (χ3n) is 4.99. The third kappa shape index (κ3) is 4.23. The van der Waals surface area contributed by atoms with Crippen LogP contribution in [0, 0.1) is 11.8 Å². The van der Waals surface area contributed by atoms with Crippen molar-refractivity contribution in [2.24, 2.45) is 11.8 Å². The van der Waals surface area contributed by atoms with Crippen molar-refractivity contribution in [3.63, 3.8) is 0 Å². The fraction of sp³-hybridized carbons (Fsp3) is 0.550. The first-order chi connectivity index (χ1) is 12.9. The van der Waals surface area contributed by atoms with Gasteiger partial charge in [-0.05, 0) is 25.8 Å². The van der Waals surface area contributed by atoms with Crippen LogP contribution < -0.4 is 14.8 Å². The van der Waals surface area contributed by atoms with E-state index in [0.29, 0.717) is 61.9 Å². The van der Waals surface area contributed by atoms with Gasteiger partial charge in [-0.2, -0.15) is 0 Å². The van der Waals surface area contributed by atoms with Gasteiger partial charge in [0, 0.05) is 36.6 Å². The van der Waals surface area contributed by atoms with Gasteiger partial charge in [0.05, 0.1) is 5.69 Å². The number of rotatable bonds is 4. The Kier molecular flexibility index (Phi) is 5.68. The van der Waals surface area contributed by atoms with Gasteiger partial charge in [-0.1, -0.05) is 13.8 Å². The van der Waals surface area contributed by atoms with Gasteiger partial charge < -0.3 is 19.7 Å². The quantitative estimate of drug-likeness (QED) is 0.819. The second-order valence-corrected chi connectivity index (χ2v) is 7.34. The van der Waals surface area contributed by atoms with Gasteiger partial charge in [-0.3, -0.25) is 14.4 Å². The molecular weight excluding hydrogens is 348 g/mol. The Morgan fingerprint density at radius 3 is 2.22 bits per heavy atom. The maximum atomic E-state index is 12.7. The number of nitrogens with zero attached hydrogens (tertiary/aromatic N) is 1. The molecule has 3 rings (SSSR count). The van der Waals surface area contributed by atoms with Crippen molar-refractivity contribution in [3.8, 4) is 11.5 Å². The van der Waals surface area contributed by atoms with Crippen molar-refractivity contribution in [2.75, 3.05) is 31.6 Å². The molecule has 1 aromatic carbocycles. The lowest BCUT2D eigenvalue weighted by Gasteiger charge is -2.32. The van der Waals surface area contributed by atoms with Crippen molar-refractivity contribution in [3.05, 3.63) is 17.7 Å². The molecule has 2 amide bonds. The zero-order valence-corrected chi connectivity index (χ0v) is 16.0. The van der Waals surface area contributed by atoms with Crippen molar-refractivity contribution < 1.29 is 23.9 Å². The molecule has 0 spiro atoms. The lowest BCUT2D eigenvalue weighted by molar-refractivity contribution is -0.137. The molecule has 1 N–H and O–H groups in total. The number of likely N-dealkylation sites (tertiary alicyclic amines) is 1. The van der Waals surface area contributed by atoms with Crippen molar-refractivity contribution in [2.45, 2.75) is 33.6 Å². The van der Waals surface area contributed by atoms with E-state index >= 15 is 0 Å². The fourth-order valence-electron chi connectivity index (χ4n) is 3.45. The molecule has 2 aliphatic rings. The second kappa shape index (κ2) is 7.98. The number of ketones is 1. The van der Waals surface area contributed by atoms with Crippen LogP contribution in [0.4, 0.5) is 5.69 Å². The van der Waals surface area contributed by atoms with Gasteiger partial charge in [-0.15, -0.1) is 0 Å². The van der Waals surface area contributed by atoms with Crippen LogP contribution in [0.2, 0.25) is 0 Å². The van der Waals surface area contributed by atoms with Crippen molar-refractivity contribution in [1.29, 1.82) is 0 Å². The van der Waals surface area contributed by atoms with Crippen LogP contribution in [0.3, 0.4) is 0 Å². The van der Waals surface area contributed by atoms with Crippen LogP contribution in [0.5, 0.6) is 11.5 Å². The Morgan fingerprint density at radius 2 is 1.67 bits per heavy atom. The average Bonchev–Trinajstić information content (AvgIpc) is 2.66.